The predicted octanol–water partition coefficient (Wildman–Crippen LogP) is 0.993. The normalized spacial score (nSPS) is 28.8. The number of aliphatic carboxylic acids is 1. The van der Waals surface area contributed by atoms with E-state index in [0.717, 1.165) is 58.2 Å². The van der Waals surface area contributed by atoms with Gasteiger partial charge in [0.25, 0.3) is 0 Å². The van der Waals surface area contributed by atoms with Crippen molar-refractivity contribution in [2.75, 3.05) is 19.6 Å². The van der Waals surface area contributed by atoms with Gasteiger partial charge in [0.2, 0.25) is 5.91 Å². The van der Waals surface area contributed by atoms with E-state index < -0.39 is 5.97 Å². The Balaban J connectivity index is 1.66. The molecule has 1 saturated heterocycles. The number of amides is 1. The summed E-state index contributed by atoms with van der Waals surface area (Å²) in [5.41, 5.74) is 0. The monoisotopic (exact) mass is 268 g/mol. The molecule has 0 bridgehead atoms. The molecule has 1 amide bonds. The Morgan fingerprint density at radius 2 is 1.63 bits per heavy atom. The van der Waals surface area contributed by atoms with Crippen molar-refractivity contribution in [3.8, 4) is 0 Å². The Hall–Kier alpha value is -1.10. The minimum Gasteiger partial charge on any atom is -0.481 e. The van der Waals surface area contributed by atoms with Crippen molar-refractivity contribution in [2.45, 2.75) is 38.5 Å². The Bertz CT molecular complexity index is 319. The molecule has 0 unspecified atom stereocenters. The summed E-state index contributed by atoms with van der Waals surface area (Å²) < 4.78 is 0. The number of piperidine rings is 1. The molecule has 1 heterocycles. The number of hydrogen-bond acceptors (Lipinski definition) is 3. The molecule has 1 saturated carbocycles. The highest BCUT2D eigenvalue weighted by atomic mass is 16.4. The molecule has 0 aromatic rings. The molecule has 5 heteroatoms. The van der Waals surface area contributed by atoms with Crippen molar-refractivity contribution in [3.63, 3.8) is 0 Å². The van der Waals surface area contributed by atoms with Crippen LogP contribution in [0, 0.1) is 17.8 Å². The second-order valence-electron chi connectivity index (χ2n) is 5.83. The number of carbonyl (C=O) groups excluding carboxylic acids is 1. The fourth-order valence-electron chi connectivity index (χ4n) is 3.09. The van der Waals surface area contributed by atoms with E-state index in [-0.39, 0.29) is 17.7 Å². The minimum atomic E-state index is -0.669. The number of carboxylic acid groups (broad SMARTS) is 1. The highest BCUT2D eigenvalue weighted by molar-refractivity contribution is 5.78. The third kappa shape index (κ3) is 4.20. The first-order chi connectivity index (χ1) is 9.16. The van der Waals surface area contributed by atoms with Gasteiger partial charge in [0.05, 0.1) is 5.92 Å². The molecule has 108 valence electrons. The van der Waals surface area contributed by atoms with Crippen LogP contribution in [-0.4, -0.2) is 36.6 Å². The number of nitrogens with one attached hydrogen (secondary N) is 2. The van der Waals surface area contributed by atoms with Gasteiger partial charge in [-0.25, -0.2) is 0 Å². The summed E-state index contributed by atoms with van der Waals surface area (Å²) in [6.45, 7) is 2.58. The smallest absolute Gasteiger partial charge is 0.306 e. The lowest BCUT2D eigenvalue weighted by atomic mass is 9.82. The molecule has 2 rings (SSSR count). The standard InChI is InChI=1S/C14H24N2O3/c17-13(11-5-7-15-8-6-11)16-9-10-1-3-12(4-2-10)14(18)19/h10-12,15H,1-9H2,(H,16,17)(H,18,19). The quantitative estimate of drug-likeness (QED) is 0.710. The van der Waals surface area contributed by atoms with Crippen molar-refractivity contribution < 1.29 is 14.7 Å². The van der Waals surface area contributed by atoms with Gasteiger partial charge in [0.1, 0.15) is 0 Å². The van der Waals surface area contributed by atoms with Gasteiger partial charge in [-0.05, 0) is 57.5 Å². The molecule has 3 N–H and O–H groups in total. The van der Waals surface area contributed by atoms with E-state index in [0.29, 0.717) is 5.92 Å². The molecular formula is C14H24N2O3. The van der Waals surface area contributed by atoms with Crippen LogP contribution in [0.2, 0.25) is 0 Å². The Kier molecular flexibility index (Phi) is 5.19. The van der Waals surface area contributed by atoms with Crippen LogP contribution >= 0.6 is 0 Å². The topological polar surface area (TPSA) is 78.4 Å². The van der Waals surface area contributed by atoms with E-state index in [1.54, 1.807) is 0 Å². The van der Waals surface area contributed by atoms with Crippen LogP contribution in [0.4, 0.5) is 0 Å². The minimum absolute atomic E-state index is 0.164. The molecule has 2 fully saturated rings. The van der Waals surface area contributed by atoms with E-state index in [1.807, 2.05) is 0 Å². The molecule has 5 nitrogen and oxygen atoms in total. The molecule has 0 aromatic heterocycles. The average molecular weight is 268 g/mol. The fourth-order valence-corrected chi connectivity index (χ4v) is 3.09. The maximum absolute atomic E-state index is 12.0. The molecule has 2 aliphatic rings. The summed E-state index contributed by atoms with van der Waals surface area (Å²) in [5.74, 6) is -0.0340. The SMILES string of the molecule is O=C(O)C1CCC(CNC(=O)C2CCNCC2)CC1. The van der Waals surface area contributed by atoms with Crippen molar-refractivity contribution in [1.82, 2.24) is 10.6 Å². The molecule has 0 aromatic carbocycles. The fraction of sp³-hybridized carbons (Fsp3) is 0.857. The van der Waals surface area contributed by atoms with Crippen LogP contribution < -0.4 is 10.6 Å². The summed E-state index contributed by atoms with van der Waals surface area (Å²) in [4.78, 5) is 22.8. The van der Waals surface area contributed by atoms with Crippen LogP contribution in [0.15, 0.2) is 0 Å². The Labute approximate surface area is 114 Å². The van der Waals surface area contributed by atoms with Gasteiger partial charge in [-0.15, -0.1) is 0 Å². The summed E-state index contributed by atoms with van der Waals surface area (Å²) in [6, 6.07) is 0. The Morgan fingerprint density at radius 1 is 1.00 bits per heavy atom. The zero-order valence-electron chi connectivity index (χ0n) is 11.4. The molecule has 1 aliphatic heterocycles. The predicted molar refractivity (Wildman–Crippen MR) is 71.7 cm³/mol. The van der Waals surface area contributed by atoms with Gasteiger partial charge in [0, 0.05) is 12.5 Å². The van der Waals surface area contributed by atoms with Crippen LogP contribution in [-0.2, 0) is 9.59 Å². The highest BCUT2D eigenvalue weighted by Crippen LogP contribution is 2.28. The average Bonchev–Trinajstić information content (AvgIpc) is 2.46. The number of hydrogen-bond donors (Lipinski definition) is 3. The van der Waals surface area contributed by atoms with E-state index in [1.165, 1.54) is 0 Å². The van der Waals surface area contributed by atoms with E-state index >= 15 is 0 Å². The van der Waals surface area contributed by atoms with Crippen LogP contribution in [0.3, 0.4) is 0 Å². The van der Waals surface area contributed by atoms with E-state index in [2.05, 4.69) is 10.6 Å². The summed E-state index contributed by atoms with van der Waals surface area (Å²) in [5, 5.41) is 15.2. The molecule has 1 aliphatic carbocycles. The third-order valence-electron chi connectivity index (χ3n) is 4.47. The zero-order chi connectivity index (χ0) is 13.7. The van der Waals surface area contributed by atoms with Gasteiger partial charge >= 0.3 is 5.97 Å². The first kappa shape index (κ1) is 14.3. The number of carbonyl (C=O) groups is 2. The number of rotatable bonds is 4. The van der Waals surface area contributed by atoms with E-state index in [9.17, 15) is 9.59 Å². The molecule has 0 radical (unpaired) electrons. The van der Waals surface area contributed by atoms with Crippen molar-refractivity contribution in [3.05, 3.63) is 0 Å². The largest absolute Gasteiger partial charge is 0.481 e. The van der Waals surface area contributed by atoms with Gasteiger partial charge < -0.3 is 15.7 Å². The molecular weight excluding hydrogens is 244 g/mol. The van der Waals surface area contributed by atoms with Gasteiger partial charge in [0.15, 0.2) is 0 Å². The molecule has 19 heavy (non-hydrogen) atoms. The van der Waals surface area contributed by atoms with E-state index in [4.69, 9.17) is 5.11 Å². The first-order valence-corrected chi connectivity index (χ1v) is 7.38. The second kappa shape index (κ2) is 6.89. The highest BCUT2D eigenvalue weighted by Gasteiger charge is 2.27. The van der Waals surface area contributed by atoms with Gasteiger partial charge in [-0.3, -0.25) is 9.59 Å². The third-order valence-corrected chi connectivity index (χ3v) is 4.47. The van der Waals surface area contributed by atoms with Crippen molar-refractivity contribution >= 4 is 11.9 Å². The van der Waals surface area contributed by atoms with Gasteiger partial charge in [-0.2, -0.15) is 0 Å². The summed E-state index contributed by atoms with van der Waals surface area (Å²) >= 11 is 0. The maximum atomic E-state index is 12.0. The lowest BCUT2D eigenvalue weighted by Gasteiger charge is -2.27. The van der Waals surface area contributed by atoms with Crippen LogP contribution in [0.25, 0.3) is 0 Å². The van der Waals surface area contributed by atoms with Crippen molar-refractivity contribution in [1.29, 1.82) is 0 Å². The summed E-state index contributed by atoms with van der Waals surface area (Å²) in [7, 11) is 0. The number of carboxylic acids is 1. The molecule has 0 spiro atoms. The zero-order valence-corrected chi connectivity index (χ0v) is 11.4. The molecule has 0 atom stereocenters. The lowest BCUT2D eigenvalue weighted by Crippen LogP contribution is -2.40. The van der Waals surface area contributed by atoms with Gasteiger partial charge in [-0.1, -0.05) is 0 Å². The second-order valence-corrected chi connectivity index (χ2v) is 5.83. The Morgan fingerprint density at radius 3 is 2.21 bits per heavy atom. The lowest BCUT2D eigenvalue weighted by molar-refractivity contribution is -0.143. The van der Waals surface area contributed by atoms with Crippen molar-refractivity contribution in [2.24, 2.45) is 17.8 Å². The summed E-state index contributed by atoms with van der Waals surface area (Å²) in [6.07, 6.45) is 5.20. The van der Waals surface area contributed by atoms with Crippen LogP contribution in [0.5, 0.6) is 0 Å². The van der Waals surface area contributed by atoms with Crippen LogP contribution in [0.1, 0.15) is 38.5 Å². The maximum Gasteiger partial charge on any atom is 0.306 e. The first-order valence-electron chi connectivity index (χ1n) is 7.38.